The first-order chi connectivity index (χ1) is 9.90. The predicted octanol–water partition coefficient (Wildman–Crippen LogP) is 1.75. The Balaban J connectivity index is 4.10. The van der Waals surface area contributed by atoms with Crippen molar-refractivity contribution in [3.8, 4) is 0 Å². The van der Waals surface area contributed by atoms with Crippen LogP contribution < -0.4 is 5.32 Å². The molecule has 0 spiro atoms. The molecule has 0 bridgehead atoms. The van der Waals surface area contributed by atoms with Gasteiger partial charge in [-0.15, -0.1) is 6.58 Å². The van der Waals surface area contributed by atoms with Gasteiger partial charge in [0.1, 0.15) is 0 Å². The Morgan fingerprint density at radius 1 is 1.33 bits per heavy atom. The zero-order chi connectivity index (χ0) is 16.3. The number of aliphatic carboxylic acids is 1. The number of methoxy groups -OCH3 is 1. The second-order valence-corrected chi connectivity index (χ2v) is 5.15. The molecule has 0 aliphatic heterocycles. The maximum atomic E-state index is 11.7. The van der Waals surface area contributed by atoms with Crippen LogP contribution in [0.2, 0.25) is 0 Å². The number of ether oxygens (including phenoxy) is 1. The lowest BCUT2D eigenvalue weighted by Crippen LogP contribution is -2.32. The third-order valence-corrected chi connectivity index (χ3v) is 3.13. The molecule has 2 atom stereocenters. The van der Waals surface area contributed by atoms with Crippen molar-refractivity contribution >= 4 is 17.8 Å². The molecular weight excluding hydrogens is 274 g/mol. The van der Waals surface area contributed by atoms with E-state index in [9.17, 15) is 14.4 Å². The third-order valence-electron chi connectivity index (χ3n) is 3.13. The van der Waals surface area contributed by atoms with E-state index in [1.807, 2.05) is 6.92 Å². The van der Waals surface area contributed by atoms with Gasteiger partial charge < -0.3 is 15.2 Å². The van der Waals surface area contributed by atoms with Gasteiger partial charge in [0, 0.05) is 19.4 Å². The normalized spacial score (nSPS) is 13.0. The highest BCUT2D eigenvalue weighted by Crippen LogP contribution is 2.13. The molecule has 0 saturated carbocycles. The van der Waals surface area contributed by atoms with Crippen LogP contribution in [0, 0.1) is 11.8 Å². The van der Waals surface area contributed by atoms with E-state index in [2.05, 4.69) is 16.6 Å². The predicted molar refractivity (Wildman–Crippen MR) is 78.6 cm³/mol. The van der Waals surface area contributed by atoms with E-state index in [1.165, 1.54) is 7.11 Å². The molecule has 0 aliphatic rings. The second kappa shape index (κ2) is 10.9. The number of amides is 1. The first-order valence-corrected chi connectivity index (χ1v) is 7.07. The Hall–Kier alpha value is -1.85. The van der Waals surface area contributed by atoms with Crippen molar-refractivity contribution in [2.24, 2.45) is 11.8 Å². The minimum Gasteiger partial charge on any atom is -0.481 e. The number of carbonyl (C=O) groups is 3. The molecule has 0 fully saturated rings. The molecule has 0 heterocycles. The number of hydrogen-bond acceptors (Lipinski definition) is 4. The molecule has 0 rings (SSSR count). The van der Waals surface area contributed by atoms with Gasteiger partial charge in [0.15, 0.2) is 0 Å². The van der Waals surface area contributed by atoms with Gasteiger partial charge in [-0.3, -0.25) is 14.4 Å². The average Bonchev–Trinajstić information content (AvgIpc) is 2.43. The van der Waals surface area contributed by atoms with Gasteiger partial charge in [0.25, 0.3) is 0 Å². The van der Waals surface area contributed by atoms with E-state index in [0.29, 0.717) is 19.4 Å². The Kier molecular flexibility index (Phi) is 9.92. The molecule has 2 N–H and O–H groups in total. The first kappa shape index (κ1) is 19.1. The van der Waals surface area contributed by atoms with Crippen LogP contribution in [-0.4, -0.2) is 36.6 Å². The van der Waals surface area contributed by atoms with Crippen molar-refractivity contribution in [3.05, 3.63) is 12.7 Å². The molecular formula is C15H25NO5. The monoisotopic (exact) mass is 299 g/mol. The first-order valence-electron chi connectivity index (χ1n) is 7.07. The van der Waals surface area contributed by atoms with E-state index in [1.54, 1.807) is 6.08 Å². The quantitative estimate of drug-likeness (QED) is 0.344. The van der Waals surface area contributed by atoms with E-state index in [4.69, 9.17) is 5.11 Å². The highest BCUT2D eigenvalue weighted by atomic mass is 16.5. The van der Waals surface area contributed by atoms with Crippen LogP contribution in [0.15, 0.2) is 12.7 Å². The average molecular weight is 299 g/mol. The number of carboxylic acids is 1. The van der Waals surface area contributed by atoms with Crippen molar-refractivity contribution in [3.63, 3.8) is 0 Å². The molecule has 0 aromatic heterocycles. The Morgan fingerprint density at radius 2 is 2.00 bits per heavy atom. The fourth-order valence-electron chi connectivity index (χ4n) is 1.85. The largest absolute Gasteiger partial charge is 0.481 e. The van der Waals surface area contributed by atoms with Crippen LogP contribution in [0.5, 0.6) is 0 Å². The Bertz CT molecular complexity index is 367. The van der Waals surface area contributed by atoms with Crippen molar-refractivity contribution < 1.29 is 24.2 Å². The summed E-state index contributed by atoms with van der Waals surface area (Å²) in [7, 11) is 1.31. The number of unbranched alkanes of at least 4 members (excludes halogenated alkanes) is 1. The van der Waals surface area contributed by atoms with Gasteiger partial charge in [-0.2, -0.15) is 0 Å². The zero-order valence-corrected chi connectivity index (χ0v) is 12.8. The van der Waals surface area contributed by atoms with Crippen LogP contribution in [-0.2, 0) is 19.1 Å². The smallest absolute Gasteiger partial charge is 0.307 e. The van der Waals surface area contributed by atoms with Crippen molar-refractivity contribution in [2.75, 3.05) is 13.7 Å². The molecule has 0 aromatic rings. The number of allylic oxidation sites excluding steroid dienone is 1. The van der Waals surface area contributed by atoms with Crippen LogP contribution in [0.1, 0.15) is 39.0 Å². The molecule has 1 amide bonds. The Labute approximate surface area is 125 Å². The standard InChI is InChI=1S/C15H25NO5/c1-4-5-6-7-12(15(19)20)9-13(17)16-10-11(2)8-14(18)21-3/h4,11-12H,1,5-10H2,2-3H3,(H,16,17)(H,19,20)/t11-,12+/m0/s1. The number of carbonyl (C=O) groups excluding carboxylic acids is 2. The molecule has 6 nitrogen and oxygen atoms in total. The summed E-state index contributed by atoms with van der Waals surface area (Å²) in [4.78, 5) is 33.9. The molecule has 0 aliphatic carbocycles. The summed E-state index contributed by atoms with van der Waals surface area (Å²) in [6, 6.07) is 0. The minimum absolute atomic E-state index is 0.0442. The molecule has 6 heteroatoms. The minimum atomic E-state index is -0.961. The highest BCUT2D eigenvalue weighted by molar-refractivity contribution is 5.82. The molecule has 0 radical (unpaired) electrons. The maximum Gasteiger partial charge on any atom is 0.307 e. The van der Waals surface area contributed by atoms with Crippen LogP contribution in [0.3, 0.4) is 0 Å². The van der Waals surface area contributed by atoms with Crippen LogP contribution in [0.25, 0.3) is 0 Å². The fraction of sp³-hybridized carbons (Fsp3) is 0.667. The van der Waals surface area contributed by atoms with Gasteiger partial charge in [-0.05, 0) is 25.2 Å². The van der Waals surface area contributed by atoms with Gasteiger partial charge in [-0.1, -0.05) is 13.0 Å². The summed E-state index contributed by atoms with van der Waals surface area (Å²) in [5.41, 5.74) is 0. The van der Waals surface area contributed by atoms with E-state index < -0.39 is 11.9 Å². The Morgan fingerprint density at radius 3 is 2.52 bits per heavy atom. The van der Waals surface area contributed by atoms with Crippen molar-refractivity contribution in [2.45, 2.75) is 39.0 Å². The van der Waals surface area contributed by atoms with E-state index >= 15 is 0 Å². The SMILES string of the molecule is C=CCCC[C@H](CC(=O)NC[C@@H](C)CC(=O)OC)C(=O)O. The summed E-state index contributed by atoms with van der Waals surface area (Å²) in [6.07, 6.45) is 3.80. The number of esters is 1. The number of rotatable bonds is 11. The molecule has 0 unspecified atom stereocenters. The van der Waals surface area contributed by atoms with Gasteiger partial charge in [-0.25, -0.2) is 0 Å². The topological polar surface area (TPSA) is 92.7 Å². The zero-order valence-electron chi connectivity index (χ0n) is 12.8. The lowest BCUT2D eigenvalue weighted by molar-refractivity contribution is -0.144. The lowest BCUT2D eigenvalue weighted by atomic mass is 9.98. The van der Waals surface area contributed by atoms with Crippen molar-refractivity contribution in [1.29, 1.82) is 0 Å². The second-order valence-electron chi connectivity index (χ2n) is 5.15. The molecule has 0 aromatic carbocycles. The van der Waals surface area contributed by atoms with Gasteiger partial charge in [0.2, 0.25) is 5.91 Å². The molecule has 21 heavy (non-hydrogen) atoms. The highest BCUT2D eigenvalue weighted by Gasteiger charge is 2.21. The van der Waals surface area contributed by atoms with Crippen molar-refractivity contribution in [1.82, 2.24) is 5.32 Å². The van der Waals surface area contributed by atoms with Gasteiger partial charge in [0.05, 0.1) is 13.0 Å². The summed E-state index contributed by atoms with van der Waals surface area (Å²) in [5.74, 6) is -2.33. The fourth-order valence-corrected chi connectivity index (χ4v) is 1.85. The summed E-state index contributed by atoms with van der Waals surface area (Å²) >= 11 is 0. The number of nitrogens with one attached hydrogen (secondary N) is 1. The van der Waals surface area contributed by atoms with Gasteiger partial charge >= 0.3 is 11.9 Å². The maximum absolute atomic E-state index is 11.7. The lowest BCUT2D eigenvalue weighted by Gasteiger charge is -2.14. The van der Waals surface area contributed by atoms with E-state index in [-0.39, 0.29) is 30.6 Å². The third kappa shape index (κ3) is 9.65. The van der Waals surface area contributed by atoms with E-state index in [0.717, 1.165) is 6.42 Å². The summed E-state index contributed by atoms with van der Waals surface area (Å²) in [6.45, 7) is 5.72. The van der Waals surface area contributed by atoms with Crippen LogP contribution >= 0.6 is 0 Å². The molecule has 120 valence electrons. The molecule has 0 saturated heterocycles. The number of carboxylic acid groups (broad SMARTS) is 1. The van der Waals surface area contributed by atoms with Crippen LogP contribution in [0.4, 0.5) is 0 Å². The summed E-state index contributed by atoms with van der Waals surface area (Å²) < 4.78 is 4.54. The number of hydrogen-bond donors (Lipinski definition) is 2. The summed E-state index contributed by atoms with van der Waals surface area (Å²) in [5, 5.41) is 11.7.